The van der Waals surface area contributed by atoms with Gasteiger partial charge in [0.2, 0.25) is 0 Å². The minimum atomic E-state index is -0.674. The Kier molecular flexibility index (Phi) is 16.5. The Morgan fingerprint density at radius 2 is 1.18 bits per heavy atom. The number of carbonyl (C=O) groups is 1. The Hall–Kier alpha value is -1.41. The van der Waals surface area contributed by atoms with E-state index in [1.807, 2.05) is 0 Å². The van der Waals surface area contributed by atoms with Crippen molar-refractivity contribution in [1.82, 2.24) is 0 Å². The van der Waals surface area contributed by atoms with E-state index < -0.39 is 5.97 Å². The molecule has 0 saturated carbocycles. The molecule has 124 valence electrons. The van der Waals surface area contributed by atoms with E-state index in [-0.39, 0.29) is 0 Å². The number of unbranched alkanes of at least 4 members (excludes halogenated alkanes) is 11. The maximum atomic E-state index is 10.3. The van der Waals surface area contributed by atoms with Crippen LogP contribution in [0, 0.1) is 23.7 Å². The lowest BCUT2D eigenvalue weighted by molar-refractivity contribution is -0.137. The molecule has 22 heavy (non-hydrogen) atoms. The predicted octanol–water partition coefficient (Wildman–Crippen LogP) is 5.56. The second-order valence-corrected chi connectivity index (χ2v) is 5.78. The van der Waals surface area contributed by atoms with E-state index in [1.54, 1.807) is 0 Å². The van der Waals surface area contributed by atoms with Gasteiger partial charge in [0.1, 0.15) is 0 Å². The van der Waals surface area contributed by atoms with Gasteiger partial charge in [0.15, 0.2) is 0 Å². The topological polar surface area (TPSA) is 37.3 Å². The van der Waals surface area contributed by atoms with Crippen LogP contribution in [0.3, 0.4) is 0 Å². The molecule has 0 heterocycles. The zero-order valence-electron chi connectivity index (χ0n) is 14.3. The van der Waals surface area contributed by atoms with Crippen LogP contribution in [0.1, 0.15) is 96.8 Å². The van der Waals surface area contributed by atoms with Crippen molar-refractivity contribution in [2.75, 3.05) is 0 Å². The monoisotopic (exact) mass is 304 g/mol. The van der Waals surface area contributed by atoms with Gasteiger partial charge in [0.05, 0.1) is 0 Å². The van der Waals surface area contributed by atoms with Crippen LogP contribution in [0.25, 0.3) is 0 Å². The van der Waals surface area contributed by atoms with Crippen LogP contribution in [-0.4, -0.2) is 11.1 Å². The molecular formula is C20H32O2. The molecule has 0 aliphatic carbocycles. The van der Waals surface area contributed by atoms with E-state index in [9.17, 15) is 4.79 Å². The first-order valence-corrected chi connectivity index (χ1v) is 8.95. The number of hydrogen-bond donors (Lipinski definition) is 1. The van der Waals surface area contributed by atoms with Gasteiger partial charge >= 0.3 is 5.97 Å². The number of carboxylic acid groups (broad SMARTS) is 1. The van der Waals surface area contributed by atoms with Gasteiger partial charge in [-0.3, -0.25) is 4.79 Å². The SMILES string of the molecule is CCCCCC#CC#CCCCCCCCCCCC(=O)O. The van der Waals surface area contributed by atoms with Gasteiger partial charge in [-0.2, -0.15) is 0 Å². The quantitative estimate of drug-likeness (QED) is 0.357. The molecule has 0 amide bonds. The molecule has 0 aromatic rings. The van der Waals surface area contributed by atoms with E-state index in [2.05, 4.69) is 30.6 Å². The second kappa shape index (κ2) is 17.6. The van der Waals surface area contributed by atoms with E-state index >= 15 is 0 Å². The average Bonchev–Trinajstić information content (AvgIpc) is 2.50. The zero-order valence-corrected chi connectivity index (χ0v) is 14.3. The predicted molar refractivity (Wildman–Crippen MR) is 93.5 cm³/mol. The van der Waals surface area contributed by atoms with Crippen molar-refractivity contribution in [3.8, 4) is 23.7 Å². The molecule has 0 rings (SSSR count). The van der Waals surface area contributed by atoms with Gasteiger partial charge in [-0.15, -0.1) is 0 Å². The fraction of sp³-hybridized carbons (Fsp3) is 0.750. The summed E-state index contributed by atoms with van der Waals surface area (Å²) in [6.07, 6.45) is 15.2. The van der Waals surface area contributed by atoms with Gasteiger partial charge in [-0.05, 0) is 31.1 Å². The van der Waals surface area contributed by atoms with Crippen molar-refractivity contribution in [3.63, 3.8) is 0 Å². The van der Waals surface area contributed by atoms with Crippen LogP contribution in [0.2, 0.25) is 0 Å². The molecule has 0 radical (unpaired) electrons. The summed E-state index contributed by atoms with van der Waals surface area (Å²) in [6, 6.07) is 0. The lowest BCUT2D eigenvalue weighted by Gasteiger charge is -2.00. The highest BCUT2D eigenvalue weighted by molar-refractivity contribution is 5.66. The Morgan fingerprint density at radius 3 is 1.68 bits per heavy atom. The summed E-state index contributed by atoms with van der Waals surface area (Å²) in [4.78, 5) is 10.3. The van der Waals surface area contributed by atoms with Crippen molar-refractivity contribution in [2.24, 2.45) is 0 Å². The van der Waals surface area contributed by atoms with Crippen molar-refractivity contribution < 1.29 is 9.90 Å². The number of aliphatic carboxylic acids is 1. The van der Waals surface area contributed by atoms with Crippen LogP contribution < -0.4 is 0 Å². The highest BCUT2D eigenvalue weighted by Crippen LogP contribution is 2.10. The highest BCUT2D eigenvalue weighted by Gasteiger charge is 1.96. The molecule has 0 spiro atoms. The maximum Gasteiger partial charge on any atom is 0.303 e. The summed E-state index contributed by atoms with van der Waals surface area (Å²) >= 11 is 0. The molecule has 0 aromatic carbocycles. The first kappa shape index (κ1) is 20.6. The number of carboxylic acids is 1. The van der Waals surface area contributed by atoms with E-state index in [0.717, 1.165) is 25.7 Å². The third-order valence-corrected chi connectivity index (χ3v) is 3.59. The number of hydrogen-bond acceptors (Lipinski definition) is 1. The minimum Gasteiger partial charge on any atom is -0.481 e. The maximum absolute atomic E-state index is 10.3. The molecule has 0 atom stereocenters. The molecule has 0 fully saturated rings. The summed E-state index contributed by atoms with van der Waals surface area (Å²) in [5.74, 6) is 11.4. The Balaban J connectivity index is 3.22. The van der Waals surface area contributed by atoms with Gasteiger partial charge in [0.25, 0.3) is 0 Å². The molecule has 2 nitrogen and oxygen atoms in total. The first-order valence-electron chi connectivity index (χ1n) is 8.95. The zero-order chi connectivity index (χ0) is 16.3. The van der Waals surface area contributed by atoms with Gasteiger partial charge in [-0.25, -0.2) is 0 Å². The van der Waals surface area contributed by atoms with E-state index in [4.69, 9.17) is 5.11 Å². The van der Waals surface area contributed by atoms with Crippen LogP contribution in [0.5, 0.6) is 0 Å². The first-order chi connectivity index (χ1) is 10.8. The molecular weight excluding hydrogens is 272 g/mol. The largest absolute Gasteiger partial charge is 0.481 e. The number of rotatable bonds is 13. The van der Waals surface area contributed by atoms with Crippen molar-refractivity contribution >= 4 is 5.97 Å². The smallest absolute Gasteiger partial charge is 0.303 e. The van der Waals surface area contributed by atoms with Crippen LogP contribution in [-0.2, 0) is 4.79 Å². The summed E-state index contributed by atoms with van der Waals surface area (Å²) in [5, 5.41) is 8.52. The van der Waals surface area contributed by atoms with Crippen molar-refractivity contribution in [2.45, 2.75) is 96.8 Å². The summed E-state index contributed by atoms with van der Waals surface area (Å²) in [7, 11) is 0. The lowest BCUT2D eigenvalue weighted by Crippen LogP contribution is -1.93. The third-order valence-electron chi connectivity index (χ3n) is 3.59. The second-order valence-electron chi connectivity index (χ2n) is 5.78. The molecule has 0 bridgehead atoms. The van der Waals surface area contributed by atoms with Gasteiger partial charge in [-0.1, -0.05) is 70.1 Å². The normalized spacial score (nSPS) is 9.50. The molecule has 0 aliphatic heterocycles. The van der Waals surface area contributed by atoms with E-state index in [1.165, 1.54) is 57.8 Å². The molecule has 2 heteroatoms. The average molecular weight is 304 g/mol. The fourth-order valence-corrected chi connectivity index (χ4v) is 2.23. The van der Waals surface area contributed by atoms with Crippen molar-refractivity contribution in [1.29, 1.82) is 0 Å². The Morgan fingerprint density at radius 1 is 0.727 bits per heavy atom. The van der Waals surface area contributed by atoms with Gasteiger partial charge < -0.3 is 5.11 Å². The summed E-state index contributed by atoms with van der Waals surface area (Å²) in [6.45, 7) is 2.20. The minimum absolute atomic E-state index is 0.320. The highest BCUT2D eigenvalue weighted by atomic mass is 16.4. The fourth-order valence-electron chi connectivity index (χ4n) is 2.23. The van der Waals surface area contributed by atoms with Crippen LogP contribution in [0.15, 0.2) is 0 Å². The standard InChI is InChI=1S/C20H32O2/c1-2-3-4-5-6-7-8-9-10-11-12-13-14-15-16-17-18-19-20(21)22/h2-5,10-19H2,1H3,(H,21,22). The molecule has 0 unspecified atom stereocenters. The molecule has 0 saturated heterocycles. The van der Waals surface area contributed by atoms with Crippen LogP contribution >= 0.6 is 0 Å². The lowest BCUT2D eigenvalue weighted by atomic mass is 10.1. The third kappa shape index (κ3) is 18.6. The molecule has 1 N–H and O–H groups in total. The molecule has 0 aromatic heterocycles. The summed E-state index contributed by atoms with van der Waals surface area (Å²) < 4.78 is 0. The van der Waals surface area contributed by atoms with E-state index in [0.29, 0.717) is 6.42 Å². The van der Waals surface area contributed by atoms with Crippen molar-refractivity contribution in [3.05, 3.63) is 0 Å². The van der Waals surface area contributed by atoms with Gasteiger partial charge in [0, 0.05) is 19.3 Å². The summed E-state index contributed by atoms with van der Waals surface area (Å²) in [5.41, 5.74) is 0. The molecule has 0 aliphatic rings. The Labute approximate surface area is 137 Å². The van der Waals surface area contributed by atoms with Crippen LogP contribution in [0.4, 0.5) is 0 Å². The Bertz CT molecular complexity index is 376.